The standard InChI is InChI=1S/C12H19N3/c1-10-5-6-12(13-8-10)14-11-4-3-7-15(2)9-11/h5-6,8,11H,3-4,7,9H2,1-2H3,(H,13,14). The zero-order valence-electron chi connectivity index (χ0n) is 9.53. The lowest BCUT2D eigenvalue weighted by Gasteiger charge is -2.30. The SMILES string of the molecule is Cc1ccc(NC2CCCN(C)C2)nc1. The Bertz CT molecular complexity index is 307. The Morgan fingerprint density at radius 2 is 2.33 bits per heavy atom. The fourth-order valence-electron chi connectivity index (χ4n) is 2.05. The van der Waals surface area contributed by atoms with E-state index in [1.165, 1.54) is 24.9 Å². The van der Waals surface area contributed by atoms with Crippen LogP contribution in [0.25, 0.3) is 0 Å². The Morgan fingerprint density at radius 1 is 1.47 bits per heavy atom. The van der Waals surface area contributed by atoms with Crippen molar-refractivity contribution in [1.29, 1.82) is 0 Å². The number of nitrogens with zero attached hydrogens (tertiary/aromatic N) is 2. The summed E-state index contributed by atoms with van der Waals surface area (Å²) < 4.78 is 0. The molecule has 3 nitrogen and oxygen atoms in total. The van der Waals surface area contributed by atoms with Crippen LogP contribution in [0, 0.1) is 6.92 Å². The third kappa shape index (κ3) is 2.93. The van der Waals surface area contributed by atoms with Crippen LogP contribution in [0.3, 0.4) is 0 Å². The summed E-state index contributed by atoms with van der Waals surface area (Å²) in [5, 5.41) is 3.49. The highest BCUT2D eigenvalue weighted by atomic mass is 15.1. The van der Waals surface area contributed by atoms with Gasteiger partial charge in [-0.1, -0.05) is 6.07 Å². The molecule has 1 aliphatic rings. The van der Waals surface area contributed by atoms with Crippen LogP contribution in [0.2, 0.25) is 0 Å². The predicted molar refractivity (Wildman–Crippen MR) is 63.1 cm³/mol. The zero-order chi connectivity index (χ0) is 10.7. The molecule has 1 saturated heterocycles. The van der Waals surface area contributed by atoms with E-state index in [0.29, 0.717) is 6.04 Å². The average molecular weight is 205 g/mol. The van der Waals surface area contributed by atoms with Gasteiger partial charge in [-0.3, -0.25) is 0 Å². The molecule has 1 aromatic heterocycles. The number of nitrogens with one attached hydrogen (secondary N) is 1. The van der Waals surface area contributed by atoms with E-state index in [2.05, 4.69) is 41.3 Å². The number of pyridine rings is 1. The minimum absolute atomic E-state index is 0.555. The van der Waals surface area contributed by atoms with Crippen molar-refractivity contribution in [2.24, 2.45) is 0 Å². The zero-order valence-corrected chi connectivity index (χ0v) is 9.53. The molecule has 0 saturated carbocycles. The fourth-order valence-corrected chi connectivity index (χ4v) is 2.05. The number of aryl methyl sites for hydroxylation is 1. The fraction of sp³-hybridized carbons (Fsp3) is 0.583. The van der Waals surface area contributed by atoms with Crippen LogP contribution in [0.5, 0.6) is 0 Å². The second-order valence-electron chi connectivity index (χ2n) is 4.47. The summed E-state index contributed by atoms with van der Waals surface area (Å²) in [6.07, 6.45) is 4.44. The second kappa shape index (κ2) is 4.62. The van der Waals surface area contributed by atoms with Gasteiger partial charge in [-0.25, -0.2) is 4.98 Å². The molecule has 1 atom stereocenters. The summed E-state index contributed by atoms with van der Waals surface area (Å²) in [6.45, 7) is 4.40. The van der Waals surface area contributed by atoms with Gasteiger partial charge in [0.25, 0.3) is 0 Å². The van der Waals surface area contributed by atoms with E-state index in [4.69, 9.17) is 0 Å². The number of anilines is 1. The van der Waals surface area contributed by atoms with Gasteiger partial charge in [-0.2, -0.15) is 0 Å². The van der Waals surface area contributed by atoms with Gasteiger partial charge in [-0.15, -0.1) is 0 Å². The van der Waals surface area contributed by atoms with Crippen LogP contribution in [-0.4, -0.2) is 36.1 Å². The first kappa shape index (κ1) is 10.4. The van der Waals surface area contributed by atoms with Crippen LogP contribution < -0.4 is 5.32 Å². The topological polar surface area (TPSA) is 28.2 Å². The van der Waals surface area contributed by atoms with Gasteiger partial charge in [0.1, 0.15) is 5.82 Å². The smallest absolute Gasteiger partial charge is 0.126 e. The van der Waals surface area contributed by atoms with E-state index in [1.54, 1.807) is 0 Å². The van der Waals surface area contributed by atoms with E-state index >= 15 is 0 Å². The molecule has 0 bridgehead atoms. The van der Waals surface area contributed by atoms with Crippen LogP contribution >= 0.6 is 0 Å². The first-order chi connectivity index (χ1) is 7.24. The molecule has 3 heteroatoms. The Kier molecular flexibility index (Phi) is 3.21. The molecule has 0 amide bonds. The first-order valence-corrected chi connectivity index (χ1v) is 5.62. The molecule has 2 rings (SSSR count). The van der Waals surface area contributed by atoms with Crippen molar-refractivity contribution in [3.63, 3.8) is 0 Å². The highest BCUT2D eigenvalue weighted by molar-refractivity contribution is 5.36. The molecule has 15 heavy (non-hydrogen) atoms. The second-order valence-corrected chi connectivity index (χ2v) is 4.47. The summed E-state index contributed by atoms with van der Waals surface area (Å²) in [6, 6.07) is 4.71. The summed E-state index contributed by atoms with van der Waals surface area (Å²) in [5.74, 6) is 1.00. The minimum atomic E-state index is 0.555. The maximum Gasteiger partial charge on any atom is 0.126 e. The van der Waals surface area contributed by atoms with Crippen LogP contribution in [0.1, 0.15) is 18.4 Å². The molecule has 1 unspecified atom stereocenters. The van der Waals surface area contributed by atoms with Gasteiger partial charge < -0.3 is 10.2 Å². The van der Waals surface area contributed by atoms with E-state index in [0.717, 1.165) is 12.4 Å². The molecule has 1 aromatic rings. The van der Waals surface area contributed by atoms with Gasteiger partial charge in [0.15, 0.2) is 0 Å². The molecule has 1 fully saturated rings. The Hall–Kier alpha value is -1.09. The maximum atomic E-state index is 4.37. The normalized spacial score (nSPS) is 22.7. The highest BCUT2D eigenvalue weighted by Crippen LogP contribution is 2.13. The first-order valence-electron chi connectivity index (χ1n) is 5.62. The molecule has 1 aliphatic heterocycles. The molecule has 0 radical (unpaired) electrons. The minimum Gasteiger partial charge on any atom is -0.366 e. The molecule has 2 heterocycles. The molecule has 0 aliphatic carbocycles. The van der Waals surface area contributed by atoms with Crippen LogP contribution in [0.15, 0.2) is 18.3 Å². The number of piperidine rings is 1. The van der Waals surface area contributed by atoms with Gasteiger partial charge in [-0.05, 0) is 45.0 Å². The van der Waals surface area contributed by atoms with Gasteiger partial charge >= 0.3 is 0 Å². The molecule has 0 aromatic carbocycles. The van der Waals surface area contributed by atoms with E-state index in [1.807, 2.05) is 6.20 Å². The maximum absolute atomic E-state index is 4.37. The molecular formula is C12H19N3. The van der Waals surface area contributed by atoms with Crippen LogP contribution in [0.4, 0.5) is 5.82 Å². The monoisotopic (exact) mass is 205 g/mol. The summed E-state index contributed by atoms with van der Waals surface area (Å²) in [7, 11) is 2.18. The third-order valence-electron chi connectivity index (χ3n) is 2.89. The molecule has 1 N–H and O–H groups in total. The van der Waals surface area contributed by atoms with Gasteiger partial charge in [0.2, 0.25) is 0 Å². The Balaban J connectivity index is 1.93. The summed E-state index contributed by atoms with van der Waals surface area (Å²) in [4.78, 5) is 6.74. The average Bonchev–Trinajstić information content (AvgIpc) is 2.22. The molecule has 0 spiro atoms. The summed E-state index contributed by atoms with van der Waals surface area (Å²) >= 11 is 0. The van der Waals surface area contributed by atoms with Crippen molar-refractivity contribution in [2.45, 2.75) is 25.8 Å². The van der Waals surface area contributed by atoms with E-state index in [9.17, 15) is 0 Å². The number of hydrogen-bond acceptors (Lipinski definition) is 3. The van der Waals surface area contributed by atoms with Gasteiger partial charge in [0.05, 0.1) is 0 Å². The lowest BCUT2D eigenvalue weighted by molar-refractivity contribution is 0.261. The number of aromatic nitrogens is 1. The lowest BCUT2D eigenvalue weighted by atomic mass is 10.1. The quantitative estimate of drug-likeness (QED) is 0.799. The van der Waals surface area contributed by atoms with Crippen molar-refractivity contribution in [2.75, 3.05) is 25.5 Å². The van der Waals surface area contributed by atoms with Gasteiger partial charge in [0, 0.05) is 18.8 Å². The number of rotatable bonds is 2. The van der Waals surface area contributed by atoms with Crippen molar-refractivity contribution in [1.82, 2.24) is 9.88 Å². The number of hydrogen-bond donors (Lipinski definition) is 1. The number of likely N-dealkylation sites (tertiary alicyclic amines) is 1. The largest absolute Gasteiger partial charge is 0.366 e. The third-order valence-corrected chi connectivity index (χ3v) is 2.89. The van der Waals surface area contributed by atoms with Crippen LogP contribution in [-0.2, 0) is 0 Å². The Morgan fingerprint density at radius 3 is 3.00 bits per heavy atom. The predicted octanol–water partition coefficient (Wildman–Crippen LogP) is 1.90. The molecular weight excluding hydrogens is 186 g/mol. The Labute approximate surface area is 91.5 Å². The van der Waals surface area contributed by atoms with E-state index < -0.39 is 0 Å². The summed E-state index contributed by atoms with van der Waals surface area (Å²) in [5.41, 5.74) is 1.21. The van der Waals surface area contributed by atoms with Crippen molar-refractivity contribution in [3.05, 3.63) is 23.9 Å². The van der Waals surface area contributed by atoms with Crippen molar-refractivity contribution < 1.29 is 0 Å². The van der Waals surface area contributed by atoms with Crippen molar-refractivity contribution in [3.8, 4) is 0 Å². The molecule has 82 valence electrons. The highest BCUT2D eigenvalue weighted by Gasteiger charge is 2.16. The number of likely N-dealkylation sites (N-methyl/N-ethyl adjacent to an activating group) is 1. The van der Waals surface area contributed by atoms with Crippen molar-refractivity contribution >= 4 is 5.82 Å². The lowest BCUT2D eigenvalue weighted by Crippen LogP contribution is -2.39. The van der Waals surface area contributed by atoms with E-state index in [-0.39, 0.29) is 0 Å².